The Morgan fingerprint density at radius 1 is 1.10 bits per heavy atom. The minimum atomic E-state index is -3.45. The average molecular weight is 465 g/mol. The normalized spacial score (nSPS) is 15.4. The molecule has 0 radical (unpaired) electrons. The predicted octanol–water partition coefficient (Wildman–Crippen LogP) is 3.15. The van der Waals surface area contributed by atoms with Crippen molar-refractivity contribution in [2.45, 2.75) is 44.9 Å². The quantitative estimate of drug-likeness (QED) is 0.600. The van der Waals surface area contributed by atoms with Gasteiger partial charge in [-0.2, -0.15) is 4.31 Å². The first-order valence-corrected chi connectivity index (χ1v) is 13.2. The highest BCUT2D eigenvalue weighted by molar-refractivity contribution is 7.89. The Labute approximate surface area is 189 Å². The number of sulfonamides is 1. The van der Waals surface area contributed by atoms with E-state index in [1.807, 2.05) is 37.8 Å². The predicted molar refractivity (Wildman–Crippen MR) is 125 cm³/mol. The highest BCUT2D eigenvalue weighted by Gasteiger charge is 2.22. The lowest BCUT2D eigenvalue weighted by Gasteiger charge is -2.22. The summed E-state index contributed by atoms with van der Waals surface area (Å²) in [5.41, 5.74) is 2.01. The second kappa shape index (κ2) is 10.6. The van der Waals surface area contributed by atoms with Crippen LogP contribution in [0.2, 0.25) is 0 Å². The molecule has 1 aromatic heterocycles. The number of carbonyl (C=O) groups is 1. The van der Waals surface area contributed by atoms with E-state index in [1.165, 1.54) is 4.31 Å². The molecule has 1 saturated heterocycles. The van der Waals surface area contributed by atoms with Crippen molar-refractivity contribution >= 4 is 32.4 Å². The van der Waals surface area contributed by atoms with Gasteiger partial charge in [-0.05, 0) is 37.5 Å². The van der Waals surface area contributed by atoms with Gasteiger partial charge in [0.05, 0.1) is 10.6 Å². The third kappa shape index (κ3) is 5.84. The highest BCUT2D eigenvalue weighted by atomic mass is 32.2. The molecule has 0 aliphatic carbocycles. The van der Waals surface area contributed by atoms with Gasteiger partial charge in [-0.1, -0.05) is 26.0 Å². The summed E-state index contributed by atoms with van der Waals surface area (Å²) in [6.07, 6.45) is 1.97. The van der Waals surface area contributed by atoms with Gasteiger partial charge in [0.15, 0.2) is 5.13 Å². The van der Waals surface area contributed by atoms with Gasteiger partial charge in [0.25, 0.3) is 0 Å². The van der Waals surface area contributed by atoms with Gasteiger partial charge in [-0.25, -0.2) is 13.4 Å². The Kier molecular flexibility index (Phi) is 8.07. The van der Waals surface area contributed by atoms with Crippen LogP contribution >= 0.6 is 11.3 Å². The number of aromatic nitrogens is 1. The average Bonchev–Trinajstić information content (AvgIpc) is 3.04. The molecule has 3 rings (SSSR count). The Morgan fingerprint density at radius 2 is 1.81 bits per heavy atom. The van der Waals surface area contributed by atoms with Crippen LogP contribution in [0.25, 0.3) is 0 Å². The van der Waals surface area contributed by atoms with Crippen LogP contribution in [0.1, 0.15) is 37.9 Å². The Hall–Kier alpha value is -1.97. The fourth-order valence-electron chi connectivity index (χ4n) is 3.80. The lowest BCUT2D eigenvalue weighted by Crippen LogP contribution is -2.35. The maximum absolute atomic E-state index is 12.8. The molecule has 170 valence electrons. The standard InChI is InChI=1S/C22H32N4O3S2/c1-4-26(5-2)31(28,29)20-10-7-19(8-11-20)9-12-21(27)24-13-6-14-25(16-15-24)22-23-18(3)17-30-22/h7-8,10-11,17H,4-6,9,12-16H2,1-3H3. The van der Waals surface area contributed by atoms with Gasteiger partial charge >= 0.3 is 0 Å². The zero-order valence-corrected chi connectivity index (χ0v) is 20.2. The summed E-state index contributed by atoms with van der Waals surface area (Å²) in [6.45, 7) is 9.76. The third-order valence-corrected chi connectivity index (χ3v) is 8.70. The summed E-state index contributed by atoms with van der Waals surface area (Å²) in [4.78, 5) is 21.8. The summed E-state index contributed by atoms with van der Waals surface area (Å²) >= 11 is 1.66. The molecular formula is C22H32N4O3S2. The first-order chi connectivity index (χ1) is 14.8. The van der Waals surface area contributed by atoms with E-state index in [2.05, 4.69) is 15.3 Å². The first kappa shape index (κ1) is 23.7. The largest absolute Gasteiger partial charge is 0.346 e. The number of benzene rings is 1. The second-order valence-corrected chi connectivity index (χ2v) is 10.5. The van der Waals surface area contributed by atoms with Gasteiger partial charge in [-0.15, -0.1) is 11.3 Å². The number of hydrogen-bond acceptors (Lipinski definition) is 6. The van der Waals surface area contributed by atoms with Crippen LogP contribution in [0.5, 0.6) is 0 Å². The van der Waals surface area contributed by atoms with E-state index in [-0.39, 0.29) is 5.91 Å². The number of anilines is 1. The van der Waals surface area contributed by atoms with Crippen LogP contribution in [-0.4, -0.2) is 67.8 Å². The number of hydrogen-bond donors (Lipinski definition) is 0. The lowest BCUT2D eigenvalue weighted by molar-refractivity contribution is -0.130. The van der Waals surface area contributed by atoms with Crippen molar-refractivity contribution in [3.05, 3.63) is 40.9 Å². The number of rotatable bonds is 8. The van der Waals surface area contributed by atoms with E-state index in [0.717, 1.165) is 42.4 Å². The van der Waals surface area contributed by atoms with E-state index in [4.69, 9.17) is 0 Å². The van der Waals surface area contributed by atoms with Gasteiger partial charge in [0.2, 0.25) is 15.9 Å². The summed E-state index contributed by atoms with van der Waals surface area (Å²) in [7, 11) is -3.45. The van der Waals surface area contributed by atoms with Gasteiger partial charge < -0.3 is 9.80 Å². The van der Waals surface area contributed by atoms with Gasteiger partial charge in [0.1, 0.15) is 0 Å². The fourth-order valence-corrected chi connectivity index (χ4v) is 6.11. The molecule has 9 heteroatoms. The molecular weight excluding hydrogens is 432 g/mol. The van der Waals surface area contributed by atoms with Crippen LogP contribution in [0.15, 0.2) is 34.5 Å². The molecule has 1 fully saturated rings. The topological polar surface area (TPSA) is 73.8 Å². The van der Waals surface area contributed by atoms with Crippen molar-refractivity contribution in [3.8, 4) is 0 Å². The minimum Gasteiger partial charge on any atom is -0.346 e. The molecule has 31 heavy (non-hydrogen) atoms. The summed E-state index contributed by atoms with van der Waals surface area (Å²) in [6, 6.07) is 6.93. The molecule has 2 heterocycles. The van der Waals surface area contributed by atoms with Crippen LogP contribution in [0.3, 0.4) is 0 Å². The van der Waals surface area contributed by atoms with Crippen molar-refractivity contribution < 1.29 is 13.2 Å². The van der Waals surface area contributed by atoms with E-state index >= 15 is 0 Å². The molecule has 1 aliphatic heterocycles. The smallest absolute Gasteiger partial charge is 0.243 e. The zero-order chi connectivity index (χ0) is 22.4. The molecule has 0 saturated carbocycles. The van der Waals surface area contributed by atoms with Gasteiger partial charge in [0, 0.05) is 51.1 Å². The van der Waals surface area contributed by atoms with Crippen molar-refractivity contribution in [1.29, 1.82) is 0 Å². The maximum Gasteiger partial charge on any atom is 0.243 e. The monoisotopic (exact) mass is 464 g/mol. The van der Waals surface area contributed by atoms with E-state index < -0.39 is 10.0 Å². The van der Waals surface area contributed by atoms with Crippen molar-refractivity contribution in [3.63, 3.8) is 0 Å². The Balaban J connectivity index is 1.53. The number of carbonyl (C=O) groups excluding carboxylic acids is 1. The second-order valence-electron chi connectivity index (χ2n) is 7.73. The molecule has 1 aliphatic rings. The van der Waals surface area contributed by atoms with E-state index in [9.17, 15) is 13.2 Å². The molecule has 0 spiro atoms. The van der Waals surface area contributed by atoms with Crippen molar-refractivity contribution in [2.24, 2.45) is 0 Å². The van der Waals surface area contributed by atoms with E-state index in [0.29, 0.717) is 37.4 Å². The number of nitrogens with zero attached hydrogens (tertiary/aromatic N) is 4. The minimum absolute atomic E-state index is 0.150. The van der Waals surface area contributed by atoms with Crippen LogP contribution < -0.4 is 4.90 Å². The molecule has 2 aromatic rings. The summed E-state index contributed by atoms with van der Waals surface area (Å²) in [5.74, 6) is 0.150. The molecule has 7 nitrogen and oxygen atoms in total. The fraction of sp³-hybridized carbons (Fsp3) is 0.545. The molecule has 0 N–H and O–H groups in total. The summed E-state index contributed by atoms with van der Waals surface area (Å²) < 4.78 is 26.6. The molecule has 1 aromatic carbocycles. The maximum atomic E-state index is 12.8. The van der Waals surface area contributed by atoms with Crippen LogP contribution in [0, 0.1) is 6.92 Å². The Morgan fingerprint density at radius 3 is 2.42 bits per heavy atom. The SMILES string of the molecule is CCN(CC)S(=O)(=O)c1ccc(CCC(=O)N2CCCN(c3nc(C)cs3)CC2)cc1. The number of amides is 1. The van der Waals surface area contributed by atoms with Crippen molar-refractivity contribution in [2.75, 3.05) is 44.2 Å². The number of aryl methyl sites for hydroxylation is 2. The van der Waals surface area contributed by atoms with Crippen molar-refractivity contribution in [1.82, 2.24) is 14.2 Å². The first-order valence-electron chi connectivity index (χ1n) is 10.9. The molecule has 0 unspecified atom stereocenters. The molecule has 1 amide bonds. The lowest BCUT2D eigenvalue weighted by atomic mass is 10.1. The zero-order valence-electron chi connectivity index (χ0n) is 18.6. The van der Waals surface area contributed by atoms with E-state index in [1.54, 1.807) is 23.5 Å². The van der Waals surface area contributed by atoms with Gasteiger partial charge in [-0.3, -0.25) is 4.79 Å². The molecule has 0 bridgehead atoms. The number of thiazole rings is 1. The molecule has 0 atom stereocenters. The summed E-state index contributed by atoms with van der Waals surface area (Å²) in [5, 5.41) is 3.09. The third-order valence-electron chi connectivity index (χ3n) is 5.62. The highest BCUT2D eigenvalue weighted by Crippen LogP contribution is 2.22. The van der Waals surface area contributed by atoms with Crippen LogP contribution in [0.4, 0.5) is 5.13 Å². The van der Waals surface area contributed by atoms with Crippen LogP contribution in [-0.2, 0) is 21.2 Å². The Bertz CT molecular complexity index is 969.